The average molecular weight is 248 g/mol. The Labute approximate surface area is 110 Å². The van der Waals surface area contributed by atoms with Gasteiger partial charge in [-0.25, -0.2) is 0 Å². The second-order valence-corrected chi connectivity index (χ2v) is 4.82. The Bertz CT molecular complexity index is 395. The summed E-state index contributed by atoms with van der Waals surface area (Å²) >= 11 is 0. The third kappa shape index (κ3) is 3.33. The monoisotopic (exact) mass is 248 g/mol. The van der Waals surface area contributed by atoms with Crippen LogP contribution in [0.3, 0.4) is 0 Å². The van der Waals surface area contributed by atoms with Gasteiger partial charge in [0.1, 0.15) is 0 Å². The summed E-state index contributed by atoms with van der Waals surface area (Å²) in [4.78, 5) is 14.2. The van der Waals surface area contributed by atoms with Gasteiger partial charge in [0.25, 0.3) is 5.91 Å². The van der Waals surface area contributed by atoms with E-state index in [1.807, 2.05) is 23.1 Å². The number of carbonyl (C=O) groups excluding carboxylic acids is 1. The molecule has 0 unspecified atom stereocenters. The van der Waals surface area contributed by atoms with E-state index in [4.69, 9.17) is 0 Å². The van der Waals surface area contributed by atoms with E-state index < -0.39 is 0 Å². The summed E-state index contributed by atoms with van der Waals surface area (Å²) in [6, 6.07) is 8.00. The molecular formula is C15H24N2O. The fourth-order valence-corrected chi connectivity index (χ4v) is 2.08. The van der Waals surface area contributed by atoms with Crippen molar-refractivity contribution in [3.05, 3.63) is 35.4 Å². The first-order valence-corrected chi connectivity index (χ1v) is 6.28. The molecule has 1 heterocycles. The summed E-state index contributed by atoms with van der Waals surface area (Å²) < 4.78 is 0. The quantitative estimate of drug-likeness (QED) is 0.872. The second-order valence-electron chi connectivity index (χ2n) is 4.82. The molecule has 2 rings (SSSR count). The lowest BCUT2D eigenvalue weighted by molar-refractivity contribution is 0.0735. The Morgan fingerprint density at radius 3 is 2.56 bits per heavy atom. The van der Waals surface area contributed by atoms with E-state index in [1.54, 1.807) is 0 Å². The van der Waals surface area contributed by atoms with Gasteiger partial charge in [0, 0.05) is 31.7 Å². The molecule has 1 aromatic carbocycles. The first-order chi connectivity index (χ1) is 8.18. The van der Waals surface area contributed by atoms with Gasteiger partial charge in [0.2, 0.25) is 0 Å². The highest BCUT2D eigenvalue weighted by molar-refractivity contribution is 5.94. The zero-order valence-electron chi connectivity index (χ0n) is 10.6. The van der Waals surface area contributed by atoms with Crippen LogP contribution in [0.15, 0.2) is 24.3 Å². The van der Waals surface area contributed by atoms with Crippen LogP contribution in [0.4, 0.5) is 0 Å². The summed E-state index contributed by atoms with van der Waals surface area (Å²) in [7, 11) is 0. The van der Waals surface area contributed by atoms with Gasteiger partial charge in [0.05, 0.1) is 0 Å². The van der Waals surface area contributed by atoms with Crippen molar-refractivity contribution in [1.29, 1.82) is 0 Å². The van der Waals surface area contributed by atoms with Crippen LogP contribution < -0.4 is 5.32 Å². The molecule has 1 aromatic rings. The molecule has 0 atom stereocenters. The standard InChI is InChI=1S/C14H20N2O.CH4/c1-11(2)12-4-3-5-13(10-12)14(17)16-8-6-15-7-9-16;/h3-5,10-11,15H,6-9H2,1-2H3;1H4. The van der Waals surface area contributed by atoms with E-state index in [0.717, 1.165) is 31.7 Å². The summed E-state index contributed by atoms with van der Waals surface area (Å²) in [5.41, 5.74) is 2.05. The molecule has 1 saturated heterocycles. The summed E-state index contributed by atoms with van der Waals surface area (Å²) in [5, 5.41) is 3.26. The molecule has 3 nitrogen and oxygen atoms in total. The molecule has 0 aliphatic carbocycles. The molecule has 0 radical (unpaired) electrons. The van der Waals surface area contributed by atoms with Crippen LogP contribution >= 0.6 is 0 Å². The SMILES string of the molecule is C.CC(C)c1cccc(C(=O)N2CCNCC2)c1. The largest absolute Gasteiger partial charge is 0.336 e. The van der Waals surface area contributed by atoms with Crippen molar-refractivity contribution in [2.75, 3.05) is 26.2 Å². The lowest BCUT2D eigenvalue weighted by Crippen LogP contribution is -2.46. The second kappa shape index (κ2) is 6.55. The molecule has 1 aliphatic heterocycles. The molecule has 1 amide bonds. The number of hydrogen-bond acceptors (Lipinski definition) is 2. The number of carbonyl (C=O) groups is 1. The smallest absolute Gasteiger partial charge is 0.253 e. The minimum absolute atomic E-state index is 0. The van der Waals surface area contributed by atoms with E-state index in [0.29, 0.717) is 5.92 Å². The van der Waals surface area contributed by atoms with Crippen LogP contribution in [0.5, 0.6) is 0 Å². The number of nitrogens with zero attached hydrogens (tertiary/aromatic N) is 1. The maximum Gasteiger partial charge on any atom is 0.253 e. The lowest BCUT2D eigenvalue weighted by atomic mass is 10.0. The van der Waals surface area contributed by atoms with E-state index in [2.05, 4.69) is 25.2 Å². The predicted molar refractivity (Wildman–Crippen MR) is 76.0 cm³/mol. The zero-order valence-corrected chi connectivity index (χ0v) is 10.6. The normalized spacial score (nSPS) is 15.4. The van der Waals surface area contributed by atoms with Gasteiger partial charge in [-0.2, -0.15) is 0 Å². The lowest BCUT2D eigenvalue weighted by Gasteiger charge is -2.27. The zero-order chi connectivity index (χ0) is 12.3. The van der Waals surface area contributed by atoms with Crippen LogP contribution in [-0.2, 0) is 0 Å². The Hall–Kier alpha value is -1.35. The van der Waals surface area contributed by atoms with Crippen LogP contribution in [0.25, 0.3) is 0 Å². The molecule has 0 spiro atoms. The number of amides is 1. The minimum Gasteiger partial charge on any atom is -0.336 e. The van der Waals surface area contributed by atoms with Gasteiger partial charge in [-0.15, -0.1) is 0 Å². The predicted octanol–water partition coefficient (Wildman–Crippen LogP) is 2.49. The minimum atomic E-state index is 0. The van der Waals surface area contributed by atoms with Crippen molar-refractivity contribution in [3.8, 4) is 0 Å². The molecule has 1 aliphatic rings. The molecule has 0 bridgehead atoms. The molecule has 100 valence electrons. The molecule has 1 fully saturated rings. The molecule has 0 saturated carbocycles. The van der Waals surface area contributed by atoms with Crippen molar-refractivity contribution in [1.82, 2.24) is 10.2 Å². The Balaban J connectivity index is 0.00000162. The van der Waals surface area contributed by atoms with Crippen molar-refractivity contribution >= 4 is 5.91 Å². The third-order valence-electron chi connectivity index (χ3n) is 3.20. The van der Waals surface area contributed by atoms with Crippen molar-refractivity contribution in [2.45, 2.75) is 27.2 Å². The number of hydrogen-bond donors (Lipinski definition) is 1. The summed E-state index contributed by atoms with van der Waals surface area (Å²) in [6.07, 6.45) is 0. The van der Waals surface area contributed by atoms with E-state index in [1.165, 1.54) is 5.56 Å². The fourth-order valence-electron chi connectivity index (χ4n) is 2.08. The van der Waals surface area contributed by atoms with Crippen LogP contribution in [0.1, 0.15) is 43.1 Å². The summed E-state index contributed by atoms with van der Waals surface area (Å²) in [5.74, 6) is 0.625. The third-order valence-corrected chi connectivity index (χ3v) is 3.20. The topological polar surface area (TPSA) is 32.3 Å². The van der Waals surface area contributed by atoms with Crippen molar-refractivity contribution in [3.63, 3.8) is 0 Å². The van der Waals surface area contributed by atoms with Gasteiger partial charge in [-0.05, 0) is 23.6 Å². The number of rotatable bonds is 2. The number of nitrogens with one attached hydrogen (secondary N) is 1. The fraction of sp³-hybridized carbons (Fsp3) is 0.533. The molecule has 18 heavy (non-hydrogen) atoms. The van der Waals surface area contributed by atoms with Gasteiger partial charge in [-0.3, -0.25) is 4.79 Å². The highest BCUT2D eigenvalue weighted by Crippen LogP contribution is 2.16. The van der Waals surface area contributed by atoms with Crippen molar-refractivity contribution in [2.24, 2.45) is 0 Å². The molecule has 0 aromatic heterocycles. The van der Waals surface area contributed by atoms with Crippen LogP contribution in [-0.4, -0.2) is 37.0 Å². The maximum atomic E-state index is 12.3. The Morgan fingerprint density at radius 1 is 1.28 bits per heavy atom. The number of piperazine rings is 1. The highest BCUT2D eigenvalue weighted by atomic mass is 16.2. The van der Waals surface area contributed by atoms with Crippen LogP contribution in [0.2, 0.25) is 0 Å². The average Bonchev–Trinajstić information content (AvgIpc) is 2.39. The van der Waals surface area contributed by atoms with E-state index in [-0.39, 0.29) is 13.3 Å². The van der Waals surface area contributed by atoms with Crippen molar-refractivity contribution < 1.29 is 4.79 Å². The molecule has 1 N–H and O–H groups in total. The first kappa shape index (κ1) is 14.7. The Morgan fingerprint density at radius 2 is 1.94 bits per heavy atom. The van der Waals surface area contributed by atoms with Gasteiger partial charge in [0.15, 0.2) is 0 Å². The van der Waals surface area contributed by atoms with Gasteiger partial charge < -0.3 is 10.2 Å². The van der Waals surface area contributed by atoms with Crippen LogP contribution in [0, 0.1) is 0 Å². The van der Waals surface area contributed by atoms with E-state index in [9.17, 15) is 4.79 Å². The number of benzene rings is 1. The first-order valence-electron chi connectivity index (χ1n) is 6.28. The van der Waals surface area contributed by atoms with E-state index >= 15 is 0 Å². The molecular weight excluding hydrogens is 224 g/mol. The van der Waals surface area contributed by atoms with Gasteiger partial charge >= 0.3 is 0 Å². The highest BCUT2D eigenvalue weighted by Gasteiger charge is 2.18. The molecule has 3 heteroatoms. The van der Waals surface area contributed by atoms with Gasteiger partial charge in [-0.1, -0.05) is 33.4 Å². The Kier molecular flexibility index (Phi) is 5.35. The summed E-state index contributed by atoms with van der Waals surface area (Å²) in [6.45, 7) is 7.71. The maximum absolute atomic E-state index is 12.3.